The van der Waals surface area contributed by atoms with Crippen molar-refractivity contribution in [2.24, 2.45) is 5.84 Å². The number of ether oxygens (including phenoxy) is 1. The number of aliphatic hydroxyl groups excluding tert-OH is 3. The number of benzene rings is 1. The number of hydrogen-bond donors (Lipinski definition) is 6. The Hall–Kier alpha value is -2.10. The smallest absolute Gasteiger partial charge is 0.241 e. The molecule has 0 amide bonds. The zero-order valence-electron chi connectivity index (χ0n) is 15.1. The van der Waals surface area contributed by atoms with Gasteiger partial charge < -0.3 is 25.4 Å². The zero-order valence-corrected chi connectivity index (χ0v) is 17.3. The van der Waals surface area contributed by atoms with E-state index >= 15 is 0 Å². The predicted molar refractivity (Wildman–Crippen MR) is 113 cm³/mol. The molecule has 0 saturated carbocycles. The number of nitrogens with one attached hydrogen (secondary N) is 2. The van der Waals surface area contributed by atoms with Crippen LogP contribution >= 0.6 is 22.6 Å². The molecule has 4 atom stereocenters. The highest BCUT2D eigenvalue weighted by atomic mass is 127. The molecule has 1 aliphatic rings. The first-order chi connectivity index (χ1) is 14.0. The Morgan fingerprint density at radius 2 is 2.07 bits per heavy atom. The number of imidazole rings is 1. The van der Waals surface area contributed by atoms with E-state index in [0.717, 1.165) is 9.13 Å². The Morgan fingerprint density at radius 1 is 1.24 bits per heavy atom. The topological polar surface area (TPSA) is 164 Å². The molecule has 1 fully saturated rings. The maximum Gasteiger partial charge on any atom is 0.241 e. The molecule has 3 aromatic rings. The average molecular weight is 513 g/mol. The van der Waals surface area contributed by atoms with E-state index in [1.54, 1.807) is 0 Å². The Kier molecular flexibility index (Phi) is 5.80. The van der Waals surface area contributed by atoms with E-state index in [9.17, 15) is 15.3 Å². The van der Waals surface area contributed by atoms with Gasteiger partial charge >= 0.3 is 0 Å². The summed E-state index contributed by atoms with van der Waals surface area (Å²) >= 11 is 2.25. The summed E-state index contributed by atoms with van der Waals surface area (Å²) in [5, 5.41) is 32.9. The summed E-state index contributed by atoms with van der Waals surface area (Å²) in [7, 11) is 0. The maximum absolute atomic E-state index is 10.3. The number of nitrogens with zero attached hydrogens (tertiary/aromatic N) is 4. The second-order valence-corrected chi connectivity index (χ2v) is 7.82. The molecule has 0 bridgehead atoms. The fourth-order valence-corrected chi connectivity index (χ4v) is 3.84. The summed E-state index contributed by atoms with van der Waals surface area (Å²) in [6, 6.07) is 8.02. The van der Waals surface area contributed by atoms with Crippen molar-refractivity contribution in [3.8, 4) is 0 Å². The highest BCUT2D eigenvalue weighted by Gasteiger charge is 2.44. The first-order valence-corrected chi connectivity index (χ1v) is 9.91. The van der Waals surface area contributed by atoms with Crippen molar-refractivity contribution in [3.63, 3.8) is 0 Å². The minimum absolute atomic E-state index is 0.149. The van der Waals surface area contributed by atoms with Gasteiger partial charge in [-0.25, -0.2) is 10.8 Å². The average Bonchev–Trinajstić information content (AvgIpc) is 3.27. The molecule has 3 heterocycles. The third-order valence-corrected chi connectivity index (χ3v) is 5.36. The van der Waals surface area contributed by atoms with Crippen molar-refractivity contribution in [3.05, 3.63) is 39.7 Å². The lowest BCUT2D eigenvalue weighted by Gasteiger charge is -2.17. The fraction of sp³-hybridized carbons (Fsp3) is 0.353. The Bertz CT molecular complexity index is 1020. The van der Waals surface area contributed by atoms with E-state index in [4.69, 9.17) is 10.6 Å². The highest BCUT2D eigenvalue weighted by Crippen LogP contribution is 2.32. The van der Waals surface area contributed by atoms with Gasteiger partial charge in [-0.15, -0.1) is 0 Å². The number of rotatable bonds is 6. The van der Waals surface area contributed by atoms with Crippen molar-refractivity contribution in [1.29, 1.82) is 0 Å². The SMILES string of the molecule is NNc1nc(NCc2cccc(I)c2)c2ncn([C@@H]3O[C@H](CO)[C@@H](O)[C@H]3O)c2n1. The van der Waals surface area contributed by atoms with Gasteiger partial charge in [0, 0.05) is 10.1 Å². The number of nitrogens with two attached hydrogens (primary N) is 1. The van der Waals surface area contributed by atoms with Gasteiger partial charge in [0.2, 0.25) is 5.95 Å². The van der Waals surface area contributed by atoms with Gasteiger partial charge in [-0.2, -0.15) is 9.97 Å². The van der Waals surface area contributed by atoms with Crippen LogP contribution in [0.1, 0.15) is 11.8 Å². The number of fused-ring (bicyclic) bond motifs is 1. The van der Waals surface area contributed by atoms with Crippen molar-refractivity contribution in [1.82, 2.24) is 19.5 Å². The first kappa shape index (κ1) is 20.2. The second kappa shape index (κ2) is 8.33. The van der Waals surface area contributed by atoms with E-state index in [1.807, 2.05) is 24.3 Å². The van der Waals surface area contributed by atoms with Crippen LogP contribution in [0.15, 0.2) is 30.6 Å². The molecule has 4 rings (SSSR count). The molecular formula is C17H20IN7O4. The largest absolute Gasteiger partial charge is 0.394 e. The normalized spacial score (nSPS) is 24.2. The summed E-state index contributed by atoms with van der Waals surface area (Å²) in [5.41, 5.74) is 4.29. The van der Waals surface area contributed by atoms with Crippen LogP contribution < -0.4 is 16.6 Å². The number of anilines is 2. The van der Waals surface area contributed by atoms with Crippen molar-refractivity contribution in [2.45, 2.75) is 31.1 Å². The lowest BCUT2D eigenvalue weighted by atomic mass is 10.1. The first-order valence-electron chi connectivity index (χ1n) is 8.83. The van der Waals surface area contributed by atoms with Gasteiger partial charge in [-0.05, 0) is 40.3 Å². The number of halogens is 1. The van der Waals surface area contributed by atoms with Gasteiger partial charge in [0.25, 0.3) is 0 Å². The lowest BCUT2D eigenvalue weighted by molar-refractivity contribution is -0.0511. The van der Waals surface area contributed by atoms with Gasteiger partial charge in [0.05, 0.1) is 12.9 Å². The molecule has 1 saturated heterocycles. The van der Waals surface area contributed by atoms with Crippen LogP contribution in [-0.2, 0) is 11.3 Å². The van der Waals surface area contributed by atoms with Crippen LogP contribution in [-0.4, -0.2) is 59.8 Å². The summed E-state index contributed by atoms with van der Waals surface area (Å²) < 4.78 is 8.19. The minimum atomic E-state index is -1.25. The lowest BCUT2D eigenvalue weighted by Crippen LogP contribution is -2.33. The molecule has 29 heavy (non-hydrogen) atoms. The third kappa shape index (κ3) is 3.86. The number of aliphatic hydroxyl groups is 3. The van der Waals surface area contributed by atoms with Gasteiger partial charge in [-0.1, -0.05) is 12.1 Å². The number of nitrogen functional groups attached to an aromatic ring is 1. The molecule has 1 aliphatic heterocycles. The molecule has 0 unspecified atom stereocenters. The second-order valence-electron chi connectivity index (χ2n) is 6.58. The van der Waals surface area contributed by atoms with Crippen molar-refractivity contribution in [2.75, 3.05) is 17.3 Å². The number of hydrogen-bond acceptors (Lipinski definition) is 10. The zero-order chi connectivity index (χ0) is 20.5. The van der Waals surface area contributed by atoms with E-state index in [-0.39, 0.29) is 5.95 Å². The van der Waals surface area contributed by atoms with Gasteiger partial charge in [0.15, 0.2) is 23.2 Å². The minimum Gasteiger partial charge on any atom is -0.394 e. The molecule has 7 N–H and O–H groups in total. The van der Waals surface area contributed by atoms with E-state index in [0.29, 0.717) is 23.5 Å². The van der Waals surface area contributed by atoms with Crippen LogP contribution in [0.3, 0.4) is 0 Å². The fourth-order valence-electron chi connectivity index (χ4n) is 3.23. The molecule has 154 valence electrons. The van der Waals surface area contributed by atoms with Crippen molar-refractivity contribution >= 4 is 45.5 Å². The van der Waals surface area contributed by atoms with Gasteiger partial charge in [0.1, 0.15) is 18.3 Å². The summed E-state index contributed by atoms with van der Waals surface area (Å²) in [6.45, 7) is 0.0856. The van der Waals surface area contributed by atoms with E-state index in [2.05, 4.69) is 48.3 Å². The molecular weight excluding hydrogens is 493 g/mol. The maximum atomic E-state index is 10.3. The van der Waals surface area contributed by atoms with Crippen LogP contribution in [0, 0.1) is 3.57 Å². The molecule has 1 aromatic carbocycles. The van der Waals surface area contributed by atoms with Crippen LogP contribution in [0.4, 0.5) is 11.8 Å². The Balaban J connectivity index is 1.68. The van der Waals surface area contributed by atoms with Crippen LogP contribution in [0.5, 0.6) is 0 Å². The predicted octanol–water partition coefficient (Wildman–Crippen LogP) is -0.0599. The summed E-state index contributed by atoms with van der Waals surface area (Å²) in [5.74, 6) is 6.12. The molecule has 2 aromatic heterocycles. The molecule has 0 aliphatic carbocycles. The van der Waals surface area contributed by atoms with Crippen LogP contribution in [0.2, 0.25) is 0 Å². The van der Waals surface area contributed by atoms with Crippen LogP contribution in [0.25, 0.3) is 11.2 Å². The highest BCUT2D eigenvalue weighted by molar-refractivity contribution is 14.1. The summed E-state index contributed by atoms with van der Waals surface area (Å²) in [6.07, 6.45) is -2.90. The Labute approximate surface area is 179 Å². The molecule has 11 nitrogen and oxygen atoms in total. The molecule has 0 spiro atoms. The van der Waals surface area contributed by atoms with E-state index < -0.39 is 31.1 Å². The monoisotopic (exact) mass is 513 g/mol. The third-order valence-electron chi connectivity index (χ3n) is 4.69. The quantitative estimate of drug-likeness (QED) is 0.150. The standard InChI is InChI=1S/C17H20IN7O4/c18-9-3-1-2-8(4-9)5-20-14-11-15(23-17(22-14)24-19)25(7-21-11)16-13(28)12(27)10(6-26)29-16/h1-4,7,10,12-13,16,26-28H,5-6,19H2,(H2,20,22,23,24)/t10-,12-,13-,16-/m1/s1. The Morgan fingerprint density at radius 3 is 2.76 bits per heavy atom. The number of aromatic nitrogens is 4. The van der Waals surface area contributed by atoms with Crippen molar-refractivity contribution < 1.29 is 20.1 Å². The molecule has 0 radical (unpaired) electrons. The molecule has 12 heteroatoms. The summed E-state index contributed by atoms with van der Waals surface area (Å²) in [4.78, 5) is 13.0. The van der Waals surface area contributed by atoms with Gasteiger partial charge in [-0.3, -0.25) is 9.99 Å². The number of hydrazine groups is 1. The van der Waals surface area contributed by atoms with E-state index in [1.165, 1.54) is 10.9 Å².